The molecule has 30 heavy (non-hydrogen) atoms. The van der Waals surface area contributed by atoms with Gasteiger partial charge in [0, 0.05) is 43.2 Å². The van der Waals surface area contributed by atoms with Gasteiger partial charge in [0.15, 0.2) is 0 Å². The molecule has 1 amide bonds. The van der Waals surface area contributed by atoms with Gasteiger partial charge in [-0.1, -0.05) is 29.3 Å². The van der Waals surface area contributed by atoms with E-state index >= 15 is 0 Å². The minimum atomic E-state index is -0.519. The molecule has 5 rings (SSSR count). The average molecular weight is 445 g/mol. The van der Waals surface area contributed by atoms with Crippen LogP contribution in [-0.2, 0) is 24.8 Å². The highest BCUT2D eigenvalue weighted by atomic mass is 35.5. The van der Waals surface area contributed by atoms with E-state index in [1.165, 1.54) is 0 Å². The molecule has 0 radical (unpaired) electrons. The number of benzene rings is 2. The van der Waals surface area contributed by atoms with Crippen molar-refractivity contribution in [1.29, 1.82) is 0 Å². The van der Waals surface area contributed by atoms with Crippen LogP contribution in [0, 0.1) is 0 Å². The molecular formula is C21H18Cl2N4O3. The third-order valence-corrected chi connectivity index (χ3v) is 6.63. The number of aromatic nitrogens is 3. The summed E-state index contributed by atoms with van der Waals surface area (Å²) in [5.41, 5.74) is 5.78. The van der Waals surface area contributed by atoms with Gasteiger partial charge in [-0.3, -0.25) is 9.36 Å². The topological polar surface area (TPSA) is 94.1 Å². The Morgan fingerprint density at radius 2 is 2.03 bits per heavy atom. The van der Waals surface area contributed by atoms with E-state index in [9.17, 15) is 14.7 Å². The van der Waals surface area contributed by atoms with E-state index in [0.29, 0.717) is 29.6 Å². The van der Waals surface area contributed by atoms with Gasteiger partial charge < -0.3 is 20.0 Å². The number of H-pyrrole nitrogens is 2. The van der Waals surface area contributed by atoms with Crippen molar-refractivity contribution in [3.05, 3.63) is 56.1 Å². The number of carbonyl (C=O) groups excluding carboxylic acids is 1. The number of amides is 1. The molecule has 0 unspecified atom stereocenters. The van der Waals surface area contributed by atoms with Gasteiger partial charge in [-0.15, -0.1) is 0 Å². The summed E-state index contributed by atoms with van der Waals surface area (Å²) in [4.78, 5) is 31.9. The number of aromatic amines is 2. The van der Waals surface area contributed by atoms with Crippen LogP contribution in [0.1, 0.15) is 11.3 Å². The molecule has 0 saturated carbocycles. The van der Waals surface area contributed by atoms with Gasteiger partial charge in [0.05, 0.1) is 26.6 Å². The lowest BCUT2D eigenvalue weighted by molar-refractivity contribution is -0.135. The number of halogens is 2. The molecule has 1 aliphatic heterocycles. The van der Waals surface area contributed by atoms with Crippen LogP contribution in [0.2, 0.25) is 10.0 Å². The fourth-order valence-electron chi connectivity index (χ4n) is 4.28. The smallest absolute Gasteiger partial charge is 0.326 e. The molecule has 0 bridgehead atoms. The van der Waals surface area contributed by atoms with Gasteiger partial charge in [0.25, 0.3) is 0 Å². The molecule has 154 valence electrons. The molecule has 0 fully saturated rings. The van der Waals surface area contributed by atoms with Crippen LogP contribution in [0.25, 0.3) is 33.1 Å². The van der Waals surface area contributed by atoms with Crippen molar-refractivity contribution in [2.24, 2.45) is 7.05 Å². The molecule has 0 atom stereocenters. The first-order valence-corrected chi connectivity index (χ1v) is 10.2. The molecule has 1 aliphatic rings. The van der Waals surface area contributed by atoms with E-state index in [2.05, 4.69) is 9.97 Å². The Labute approximate surface area is 180 Å². The molecule has 0 saturated heterocycles. The van der Waals surface area contributed by atoms with Crippen molar-refractivity contribution >= 4 is 51.0 Å². The van der Waals surface area contributed by atoms with Crippen LogP contribution in [0.15, 0.2) is 29.1 Å². The second-order valence-electron chi connectivity index (χ2n) is 7.50. The summed E-state index contributed by atoms with van der Waals surface area (Å²) >= 11 is 13.0. The van der Waals surface area contributed by atoms with Crippen molar-refractivity contribution in [2.45, 2.75) is 13.0 Å². The highest BCUT2D eigenvalue weighted by Crippen LogP contribution is 2.42. The van der Waals surface area contributed by atoms with Crippen LogP contribution >= 0.6 is 23.2 Å². The van der Waals surface area contributed by atoms with Crippen molar-refractivity contribution in [1.82, 2.24) is 19.4 Å². The fraction of sp³-hybridized carbons (Fsp3) is 0.238. The molecule has 2 aromatic carbocycles. The predicted octanol–water partition coefficient (Wildman–Crippen LogP) is 3.20. The van der Waals surface area contributed by atoms with E-state index in [1.807, 2.05) is 24.3 Å². The highest BCUT2D eigenvalue weighted by molar-refractivity contribution is 6.45. The number of hydrogen-bond acceptors (Lipinski definition) is 3. The lowest BCUT2D eigenvalue weighted by Crippen LogP contribution is -2.37. The van der Waals surface area contributed by atoms with E-state index in [4.69, 9.17) is 23.2 Å². The molecule has 9 heteroatoms. The number of hydrogen-bond donors (Lipinski definition) is 3. The van der Waals surface area contributed by atoms with Gasteiger partial charge in [0.2, 0.25) is 5.91 Å². The zero-order valence-corrected chi connectivity index (χ0v) is 17.6. The minimum absolute atomic E-state index is 0.182. The first-order valence-electron chi connectivity index (χ1n) is 9.48. The summed E-state index contributed by atoms with van der Waals surface area (Å²) in [5.74, 6) is -0.306. The molecule has 0 aliphatic carbocycles. The lowest BCUT2D eigenvalue weighted by atomic mass is 9.96. The monoisotopic (exact) mass is 444 g/mol. The van der Waals surface area contributed by atoms with Gasteiger partial charge in [-0.2, -0.15) is 0 Å². The van der Waals surface area contributed by atoms with Gasteiger partial charge in [-0.25, -0.2) is 4.79 Å². The minimum Gasteiger partial charge on any atom is -0.387 e. The summed E-state index contributed by atoms with van der Waals surface area (Å²) in [6.45, 7) is 0.385. The quantitative estimate of drug-likeness (QED) is 0.443. The Kier molecular flexibility index (Phi) is 4.43. The van der Waals surface area contributed by atoms with Crippen LogP contribution in [0.5, 0.6) is 0 Å². The zero-order chi connectivity index (χ0) is 21.2. The van der Waals surface area contributed by atoms with E-state index in [-0.39, 0.29) is 11.6 Å². The SMILES string of the molecule is Cn1c(=O)[nH]c2cc(-c3cc(Cl)c(Cl)c4[nH]c5c(c34)CN(C(=O)CO)CC5)ccc21. The lowest BCUT2D eigenvalue weighted by Gasteiger charge is -2.27. The molecule has 3 heterocycles. The molecule has 4 aromatic rings. The number of aryl methyl sites for hydroxylation is 1. The van der Waals surface area contributed by atoms with Crippen molar-refractivity contribution < 1.29 is 9.90 Å². The Balaban J connectivity index is 1.76. The van der Waals surface area contributed by atoms with Crippen LogP contribution < -0.4 is 5.69 Å². The molecular weight excluding hydrogens is 427 g/mol. The van der Waals surface area contributed by atoms with Crippen LogP contribution in [0.4, 0.5) is 0 Å². The zero-order valence-electron chi connectivity index (χ0n) is 16.1. The number of nitrogens with one attached hydrogen (secondary N) is 2. The third-order valence-electron chi connectivity index (χ3n) is 5.85. The molecule has 3 N–H and O–H groups in total. The Morgan fingerprint density at radius 3 is 2.80 bits per heavy atom. The van der Waals surface area contributed by atoms with Crippen LogP contribution in [0.3, 0.4) is 0 Å². The molecule has 0 spiro atoms. The molecule has 2 aromatic heterocycles. The maximum atomic E-state index is 12.1. The van der Waals surface area contributed by atoms with Crippen molar-refractivity contribution in [3.63, 3.8) is 0 Å². The number of nitrogens with zero attached hydrogens (tertiary/aromatic N) is 2. The highest BCUT2D eigenvalue weighted by Gasteiger charge is 2.27. The third kappa shape index (κ3) is 2.77. The van der Waals surface area contributed by atoms with E-state index in [0.717, 1.165) is 44.3 Å². The average Bonchev–Trinajstić information content (AvgIpc) is 3.27. The maximum Gasteiger partial charge on any atom is 0.326 e. The number of aliphatic hydroxyl groups is 1. The first kappa shape index (κ1) is 19.2. The largest absolute Gasteiger partial charge is 0.387 e. The summed E-state index contributed by atoms with van der Waals surface area (Å²) in [6.07, 6.45) is 0.633. The number of rotatable bonds is 2. The Bertz CT molecular complexity index is 1400. The fourth-order valence-corrected chi connectivity index (χ4v) is 4.68. The number of aliphatic hydroxyl groups excluding tert-OH is 1. The van der Waals surface area contributed by atoms with Crippen LogP contribution in [-0.4, -0.2) is 43.6 Å². The second kappa shape index (κ2) is 6.91. The molecule has 7 nitrogen and oxygen atoms in total. The van der Waals surface area contributed by atoms with E-state index in [1.54, 1.807) is 16.5 Å². The number of fused-ring (bicyclic) bond motifs is 4. The predicted molar refractivity (Wildman–Crippen MR) is 117 cm³/mol. The van der Waals surface area contributed by atoms with Crippen molar-refractivity contribution in [2.75, 3.05) is 13.2 Å². The summed E-state index contributed by atoms with van der Waals surface area (Å²) < 4.78 is 1.56. The maximum absolute atomic E-state index is 12.1. The number of carbonyl (C=O) groups is 1. The number of imidazole rings is 1. The van der Waals surface area contributed by atoms with Crippen molar-refractivity contribution in [3.8, 4) is 11.1 Å². The van der Waals surface area contributed by atoms with Gasteiger partial charge in [0.1, 0.15) is 6.61 Å². The second-order valence-corrected chi connectivity index (χ2v) is 8.28. The normalized spacial score (nSPS) is 13.9. The Morgan fingerprint density at radius 1 is 1.23 bits per heavy atom. The summed E-state index contributed by atoms with van der Waals surface area (Å²) in [7, 11) is 1.72. The summed E-state index contributed by atoms with van der Waals surface area (Å²) in [5, 5.41) is 11.0. The summed E-state index contributed by atoms with van der Waals surface area (Å²) in [6, 6.07) is 7.55. The standard InChI is InChI=1S/C21H18Cl2N4O3/c1-26-16-3-2-10(6-15(16)25-21(26)30)11-7-13(22)19(23)20-18(11)12-8-27(17(29)9-28)5-4-14(12)24-20/h2-3,6-7,24,28H,4-5,8-9H2,1H3,(H,25,30). The Hall–Kier alpha value is -2.74. The van der Waals surface area contributed by atoms with Gasteiger partial charge in [-0.05, 0) is 29.3 Å². The first-order chi connectivity index (χ1) is 14.4. The van der Waals surface area contributed by atoms with Gasteiger partial charge >= 0.3 is 5.69 Å². The van der Waals surface area contributed by atoms with E-state index < -0.39 is 6.61 Å².